The van der Waals surface area contributed by atoms with Crippen LogP contribution in [0.5, 0.6) is 0 Å². The topological polar surface area (TPSA) is 12.9 Å². The molecule has 0 aliphatic carbocycles. The van der Waals surface area contributed by atoms with Gasteiger partial charge >= 0.3 is 0 Å². The molecule has 0 aliphatic heterocycles. The van der Waals surface area contributed by atoms with E-state index in [0.717, 1.165) is 5.69 Å². The molecule has 24 heavy (non-hydrogen) atoms. The fraction of sp³-hybridized carbons (Fsp3) is 0.174. The highest BCUT2D eigenvalue weighted by Gasteiger charge is 2.15. The molecule has 4 rings (SSSR count). The number of aromatic nitrogens is 1. The number of rotatable bonds is 1. The van der Waals surface area contributed by atoms with E-state index in [9.17, 15) is 0 Å². The molecular formula is C23H21N. The van der Waals surface area contributed by atoms with E-state index in [1.807, 2.05) is 6.20 Å². The molecule has 0 amide bonds. The molecule has 0 aliphatic rings. The number of pyridine rings is 1. The monoisotopic (exact) mass is 311 g/mol. The highest BCUT2D eigenvalue weighted by molar-refractivity contribution is 6.11. The van der Waals surface area contributed by atoms with Gasteiger partial charge in [0.05, 0.1) is 5.69 Å². The van der Waals surface area contributed by atoms with Crippen LogP contribution in [0.2, 0.25) is 0 Å². The summed E-state index contributed by atoms with van der Waals surface area (Å²) in [6.07, 6.45) is 1.92. The van der Waals surface area contributed by atoms with Crippen molar-refractivity contribution in [3.05, 3.63) is 78.5 Å². The van der Waals surface area contributed by atoms with Gasteiger partial charge in [0.1, 0.15) is 0 Å². The maximum atomic E-state index is 4.71. The predicted molar refractivity (Wildman–Crippen MR) is 103 cm³/mol. The van der Waals surface area contributed by atoms with Crippen molar-refractivity contribution in [3.8, 4) is 11.3 Å². The SMILES string of the molecule is CC(C)(C)c1cccc(-c2nccc3c2ccc2ccccc23)c1. The lowest BCUT2D eigenvalue weighted by Gasteiger charge is -2.20. The van der Waals surface area contributed by atoms with Crippen LogP contribution in [0.4, 0.5) is 0 Å². The summed E-state index contributed by atoms with van der Waals surface area (Å²) in [6, 6.07) is 23.8. The Kier molecular flexibility index (Phi) is 3.38. The zero-order chi connectivity index (χ0) is 16.7. The van der Waals surface area contributed by atoms with E-state index in [1.54, 1.807) is 0 Å². The van der Waals surface area contributed by atoms with Crippen LogP contribution in [-0.4, -0.2) is 4.98 Å². The van der Waals surface area contributed by atoms with E-state index in [-0.39, 0.29) is 5.41 Å². The smallest absolute Gasteiger partial charge is 0.0780 e. The Labute approximate surface area is 143 Å². The van der Waals surface area contributed by atoms with Crippen molar-refractivity contribution in [3.63, 3.8) is 0 Å². The van der Waals surface area contributed by atoms with Gasteiger partial charge in [-0.15, -0.1) is 0 Å². The molecule has 1 heterocycles. The van der Waals surface area contributed by atoms with Crippen LogP contribution in [-0.2, 0) is 5.41 Å². The molecule has 0 atom stereocenters. The first-order chi connectivity index (χ1) is 11.5. The summed E-state index contributed by atoms with van der Waals surface area (Å²) in [5, 5.41) is 5.03. The minimum Gasteiger partial charge on any atom is -0.256 e. The highest BCUT2D eigenvalue weighted by atomic mass is 14.7. The highest BCUT2D eigenvalue weighted by Crippen LogP contribution is 2.33. The quantitative estimate of drug-likeness (QED) is 0.373. The molecule has 1 nitrogen and oxygen atoms in total. The molecular weight excluding hydrogens is 290 g/mol. The summed E-state index contributed by atoms with van der Waals surface area (Å²) in [5.74, 6) is 0. The van der Waals surface area contributed by atoms with Crippen molar-refractivity contribution in [2.75, 3.05) is 0 Å². The average molecular weight is 311 g/mol. The van der Waals surface area contributed by atoms with E-state index < -0.39 is 0 Å². The lowest BCUT2D eigenvalue weighted by Crippen LogP contribution is -2.10. The lowest BCUT2D eigenvalue weighted by molar-refractivity contribution is 0.590. The fourth-order valence-corrected chi connectivity index (χ4v) is 3.30. The maximum Gasteiger partial charge on any atom is 0.0780 e. The zero-order valence-corrected chi connectivity index (χ0v) is 14.4. The Morgan fingerprint density at radius 1 is 0.708 bits per heavy atom. The Balaban J connectivity index is 2.00. The summed E-state index contributed by atoms with van der Waals surface area (Å²) >= 11 is 0. The third kappa shape index (κ3) is 2.46. The van der Waals surface area contributed by atoms with E-state index in [0.29, 0.717) is 0 Å². The maximum absolute atomic E-state index is 4.71. The molecule has 0 spiro atoms. The van der Waals surface area contributed by atoms with Gasteiger partial charge in [0.2, 0.25) is 0 Å². The van der Waals surface area contributed by atoms with E-state index in [1.165, 1.54) is 32.7 Å². The Morgan fingerprint density at radius 3 is 2.38 bits per heavy atom. The average Bonchev–Trinajstić information content (AvgIpc) is 2.60. The third-order valence-electron chi connectivity index (χ3n) is 4.67. The Morgan fingerprint density at radius 2 is 1.54 bits per heavy atom. The normalized spacial score (nSPS) is 12.0. The number of nitrogens with zero attached hydrogens (tertiary/aromatic N) is 1. The van der Waals surface area contributed by atoms with Gasteiger partial charge in [-0.25, -0.2) is 0 Å². The molecule has 0 bridgehead atoms. The molecule has 0 radical (unpaired) electrons. The van der Waals surface area contributed by atoms with E-state index in [4.69, 9.17) is 4.98 Å². The van der Waals surface area contributed by atoms with Gasteiger partial charge in [-0.1, -0.05) is 75.4 Å². The first-order valence-electron chi connectivity index (χ1n) is 8.41. The first kappa shape index (κ1) is 14.9. The number of benzene rings is 3. The molecule has 4 aromatic rings. The minimum absolute atomic E-state index is 0.132. The van der Waals surface area contributed by atoms with Crippen molar-refractivity contribution >= 4 is 21.5 Å². The molecule has 0 fully saturated rings. The standard InChI is InChI=1S/C23H21N/c1-23(2,3)18-9-6-8-17(15-18)22-21-12-11-16-7-4-5-10-19(16)20(21)13-14-24-22/h4-15H,1-3H3. The second-order valence-corrected chi connectivity index (χ2v) is 7.37. The van der Waals surface area contributed by atoms with Crippen LogP contribution >= 0.6 is 0 Å². The summed E-state index contributed by atoms with van der Waals surface area (Å²) in [4.78, 5) is 4.71. The van der Waals surface area contributed by atoms with Crippen molar-refractivity contribution in [2.24, 2.45) is 0 Å². The first-order valence-corrected chi connectivity index (χ1v) is 8.41. The van der Waals surface area contributed by atoms with E-state index in [2.05, 4.69) is 87.5 Å². The van der Waals surface area contributed by atoms with E-state index >= 15 is 0 Å². The molecule has 1 aromatic heterocycles. The Hall–Kier alpha value is -2.67. The molecule has 0 saturated carbocycles. The minimum atomic E-state index is 0.132. The third-order valence-corrected chi connectivity index (χ3v) is 4.67. The van der Waals surface area contributed by atoms with Crippen LogP contribution in [0.3, 0.4) is 0 Å². The van der Waals surface area contributed by atoms with Gasteiger partial charge in [0.15, 0.2) is 0 Å². The van der Waals surface area contributed by atoms with Crippen molar-refractivity contribution in [1.29, 1.82) is 0 Å². The number of fused-ring (bicyclic) bond motifs is 3. The second kappa shape index (κ2) is 5.45. The summed E-state index contributed by atoms with van der Waals surface area (Å²) in [7, 11) is 0. The van der Waals surface area contributed by atoms with Crippen molar-refractivity contribution < 1.29 is 0 Å². The molecule has 0 saturated heterocycles. The van der Waals surface area contributed by atoms with Gasteiger partial charge in [-0.05, 0) is 39.3 Å². The van der Waals surface area contributed by atoms with Crippen LogP contribution < -0.4 is 0 Å². The van der Waals surface area contributed by atoms with Crippen molar-refractivity contribution in [1.82, 2.24) is 4.98 Å². The molecule has 3 aromatic carbocycles. The largest absolute Gasteiger partial charge is 0.256 e. The summed E-state index contributed by atoms with van der Waals surface area (Å²) in [6.45, 7) is 6.74. The molecule has 1 heteroatoms. The van der Waals surface area contributed by atoms with Crippen molar-refractivity contribution in [2.45, 2.75) is 26.2 Å². The number of hydrogen-bond donors (Lipinski definition) is 0. The van der Waals surface area contributed by atoms with Crippen LogP contribution in [0.15, 0.2) is 72.9 Å². The Bertz CT molecular complexity index is 1040. The van der Waals surface area contributed by atoms with Crippen LogP contribution in [0.1, 0.15) is 26.3 Å². The summed E-state index contributed by atoms with van der Waals surface area (Å²) < 4.78 is 0. The van der Waals surface area contributed by atoms with Gasteiger partial charge in [0.25, 0.3) is 0 Å². The molecule has 0 N–H and O–H groups in total. The van der Waals surface area contributed by atoms with Gasteiger partial charge in [-0.2, -0.15) is 0 Å². The zero-order valence-electron chi connectivity index (χ0n) is 14.4. The van der Waals surface area contributed by atoms with Crippen LogP contribution in [0, 0.1) is 0 Å². The fourth-order valence-electron chi connectivity index (χ4n) is 3.30. The van der Waals surface area contributed by atoms with Gasteiger partial charge in [-0.3, -0.25) is 4.98 Å². The lowest BCUT2D eigenvalue weighted by atomic mass is 9.85. The predicted octanol–water partition coefficient (Wildman–Crippen LogP) is 6.35. The van der Waals surface area contributed by atoms with Gasteiger partial charge in [0, 0.05) is 17.1 Å². The second-order valence-electron chi connectivity index (χ2n) is 7.37. The number of hydrogen-bond acceptors (Lipinski definition) is 1. The molecule has 118 valence electrons. The van der Waals surface area contributed by atoms with Crippen LogP contribution in [0.25, 0.3) is 32.8 Å². The summed E-state index contributed by atoms with van der Waals surface area (Å²) in [5.41, 5.74) is 3.71. The van der Waals surface area contributed by atoms with Gasteiger partial charge < -0.3 is 0 Å². The molecule has 0 unspecified atom stereocenters.